The Hall–Kier alpha value is -2.86. The van der Waals surface area contributed by atoms with E-state index >= 15 is 0 Å². The summed E-state index contributed by atoms with van der Waals surface area (Å²) < 4.78 is 2.01. The number of rotatable bonds is 4. The lowest BCUT2D eigenvalue weighted by Gasteiger charge is -2.22. The molecule has 0 spiro atoms. The van der Waals surface area contributed by atoms with Gasteiger partial charge in [0.25, 0.3) is 5.91 Å². The van der Waals surface area contributed by atoms with Crippen molar-refractivity contribution < 1.29 is 9.59 Å². The molecule has 0 saturated carbocycles. The Morgan fingerprint density at radius 3 is 2.29 bits per heavy atom. The van der Waals surface area contributed by atoms with Crippen LogP contribution in [0.1, 0.15) is 21.7 Å². The molecule has 1 saturated heterocycles. The molecule has 1 fully saturated rings. The minimum atomic E-state index is 0.0339. The van der Waals surface area contributed by atoms with Gasteiger partial charge in [-0.1, -0.05) is 6.07 Å². The number of nitrogens with zero attached hydrogens (tertiary/aromatic N) is 3. The number of hydrogen-bond donors (Lipinski definition) is 0. The number of carbonyl (C=O) groups excluding carboxylic acids is 2. The molecular formula is C22H23N3O2S. The molecule has 4 rings (SSSR count). The first kappa shape index (κ1) is 18.5. The van der Waals surface area contributed by atoms with E-state index < -0.39 is 0 Å². The predicted octanol–water partition coefficient (Wildman–Crippen LogP) is 3.46. The average Bonchev–Trinajstić information content (AvgIpc) is 3.38. The molecule has 28 heavy (non-hydrogen) atoms. The van der Waals surface area contributed by atoms with E-state index in [0.29, 0.717) is 38.2 Å². The van der Waals surface area contributed by atoms with E-state index in [0.717, 1.165) is 17.0 Å². The van der Waals surface area contributed by atoms with Gasteiger partial charge in [-0.15, -0.1) is 11.3 Å². The summed E-state index contributed by atoms with van der Waals surface area (Å²) in [5.74, 6) is 0.180. The zero-order valence-electron chi connectivity index (χ0n) is 15.7. The van der Waals surface area contributed by atoms with E-state index in [1.54, 1.807) is 11.3 Å². The molecule has 0 N–H and O–H groups in total. The Morgan fingerprint density at radius 2 is 1.57 bits per heavy atom. The van der Waals surface area contributed by atoms with Gasteiger partial charge < -0.3 is 14.4 Å². The lowest BCUT2D eigenvalue weighted by atomic mass is 10.1. The third kappa shape index (κ3) is 4.17. The monoisotopic (exact) mass is 393 g/mol. The lowest BCUT2D eigenvalue weighted by Crippen LogP contribution is -2.37. The number of amides is 2. The van der Waals surface area contributed by atoms with Gasteiger partial charge in [-0.25, -0.2) is 0 Å². The number of aromatic nitrogens is 1. The predicted molar refractivity (Wildman–Crippen MR) is 111 cm³/mol. The Balaban J connectivity index is 1.37. The molecule has 1 aliphatic rings. The standard InChI is InChI=1S/C22H23N3O2S/c26-21(17-20-5-3-16-28-20)24-12-4-13-25(15-14-24)22(27)18-6-8-19(9-7-18)23-10-1-2-11-23/h1-3,5-11,16H,4,12-15,17H2. The molecule has 0 unspecified atom stereocenters. The maximum absolute atomic E-state index is 12.9. The van der Waals surface area contributed by atoms with Crippen LogP contribution in [0.25, 0.3) is 5.69 Å². The van der Waals surface area contributed by atoms with Gasteiger partial charge in [0, 0.05) is 54.7 Å². The van der Waals surface area contributed by atoms with Gasteiger partial charge in [-0.2, -0.15) is 0 Å². The van der Waals surface area contributed by atoms with Gasteiger partial charge in [0.15, 0.2) is 0 Å². The summed E-state index contributed by atoms with van der Waals surface area (Å²) in [5, 5.41) is 1.99. The summed E-state index contributed by atoms with van der Waals surface area (Å²) in [6.07, 6.45) is 5.22. The normalized spacial score (nSPS) is 14.7. The first-order valence-corrected chi connectivity index (χ1v) is 10.4. The second-order valence-electron chi connectivity index (χ2n) is 6.92. The Labute approximate surface area is 168 Å². The smallest absolute Gasteiger partial charge is 0.253 e. The van der Waals surface area contributed by atoms with Crippen LogP contribution in [0.15, 0.2) is 66.3 Å². The second-order valence-corrected chi connectivity index (χ2v) is 7.95. The first-order chi connectivity index (χ1) is 13.7. The van der Waals surface area contributed by atoms with E-state index in [-0.39, 0.29) is 11.8 Å². The minimum Gasteiger partial charge on any atom is -0.341 e. The van der Waals surface area contributed by atoms with Gasteiger partial charge >= 0.3 is 0 Å². The van der Waals surface area contributed by atoms with Crippen LogP contribution in [0, 0.1) is 0 Å². The van der Waals surface area contributed by atoms with Crippen LogP contribution in [-0.4, -0.2) is 52.4 Å². The zero-order chi connectivity index (χ0) is 19.3. The SMILES string of the molecule is O=C(Cc1cccs1)N1CCCN(C(=O)c2ccc(-n3cccc3)cc2)CC1. The Bertz CT molecular complexity index is 917. The molecular weight excluding hydrogens is 370 g/mol. The molecule has 0 aliphatic carbocycles. The highest BCUT2D eigenvalue weighted by molar-refractivity contribution is 7.10. The molecule has 1 aromatic carbocycles. The van der Waals surface area contributed by atoms with E-state index in [9.17, 15) is 9.59 Å². The molecule has 0 bridgehead atoms. The molecule has 3 heterocycles. The van der Waals surface area contributed by atoms with Crippen molar-refractivity contribution in [2.75, 3.05) is 26.2 Å². The Kier molecular flexibility index (Phi) is 5.58. The summed E-state index contributed by atoms with van der Waals surface area (Å²) in [7, 11) is 0. The highest BCUT2D eigenvalue weighted by Crippen LogP contribution is 2.15. The minimum absolute atomic E-state index is 0.0339. The summed E-state index contributed by atoms with van der Waals surface area (Å²) in [5.41, 5.74) is 1.72. The lowest BCUT2D eigenvalue weighted by molar-refractivity contribution is -0.130. The fourth-order valence-electron chi connectivity index (χ4n) is 3.51. The second kappa shape index (κ2) is 8.44. The van der Waals surface area contributed by atoms with Crippen LogP contribution in [-0.2, 0) is 11.2 Å². The topological polar surface area (TPSA) is 45.6 Å². The number of thiophene rings is 1. The van der Waals surface area contributed by atoms with Gasteiger partial charge in [0.2, 0.25) is 5.91 Å². The molecule has 5 nitrogen and oxygen atoms in total. The molecule has 6 heteroatoms. The van der Waals surface area contributed by atoms with E-state index in [1.807, 2.05) is 80.7 Å². The van der Waals surface area contributed by atoms with E-state index in [2.05, 4.69) is 0 Å². The maximum Gasteiger partial charge on any atom is 0.253 e. The van der Waals surface area contributed by atoms with Crippen molar-refractivity contribution in [3.63, 3.8) is 0 Å². The van der Waals surface area contributed by atoms with Crippen molar-refractivity contribution in [3.8, 4) is 5.69 Å². The van der Waals surface area contributed by atoms with Crippen molar-refractivity contribution >= 4 is 23.2 Å². The third-order valence-corrected chi connectivity index (χ3v) is 5.93. The zero-order valence-corrected chi connectivity index (χ0v) is 16.5. The van der Waals surface area contributed by atoms with Crippen LogP contribution < -0.4 is 0 Å². The van der Waals surface area contributed by atoms with Crippen LogP contribution in [0.4, 0.5) is 0 Å². The fraction of sp³-hybridized carbons (Fsp3) is 0.273. The number of benzene rings is 1. The van der Waals surface area contributed by atoms with Gasteiger partial charge in [0.1, 0.15) is 0 Å². The first-order valence-electron chi connectivity index (χ1n) is 9.53. The van der Waals surface area contributed by atoms with Crippen molar-refractivity contribution in [1.82, 2.24) is 14.4 Å². The average molecular weight is 394 g/mol. The number of hydrogen-bond acceptors (Lipinski definition) is 3. The summed E-state index contributed by atoms with van der Waals surface area (Å²) in [4.78, 5) is 30.3. The number of carbonyl (C=O) groups is 2. The van der Waals surface area contributed by atoms with Crippen molar-refractivity contribution in [1.29, 1.82) is 0 Å². The van der Waals surface area contributed by atoms with Crippen LogP contribution in [0.2, 0.25) is 0 Å². The quantitative estimate of drug-likeness (QED) is 0.681. The Morgan fingerprint density at radius 1 is 0.857 bits per heavy atom. The van der Waals surface area contributed by atoms with Gasteiger partial charge in [-0.05, 0) is 54.3 Å². The van der Waals surface area contributed by atoms with Crippen LogP contribution in [0.3, 0.4) is 0 Å². The van der Waals surface area contributed by atoms with Crippen molar-refractivity contribution in [3.05, 3.63) is 76.7 Å². The highest BCUT2D eigenvalue weighted by atomic mass is 32.1. The molecule has 2 aromatic heterocycles. The molecule has 2 amide bonds. The molecule has 1 aliphatic heterocycles. The summed E-state index contributed by atoms with van der Waals surface area (Å²) in [6, 6.07) is 15.6. The van der Waals surface area contributed by atoms with E-state index in [4.69, 9.17) is 0 Å². The highest BCUT2D eigenvalue weighted by Gasteiger charge is 2.23. The van der Waals surface area contributed by atoms with Crippen LogP contribution in [0.5, 0.6) is 0 Å². The molecule has 3 aromatic rings. The fourth-order valence-corrected chi connectivity index (χ4v) is 4.21. The molecule has 144 valence electrons. The van der Waals surface area contributed by atoms with Crippen molar-refractivity contribution in [2.24, 2.45) is 0 Å². The third-order valence-electron chi connectivity index (χ3n) is 5.06. The van der Waals surface area contributed by atoms with E-state index in [1.165, 1.54) is 0 Å². The summed E-state index contributed by atoms with van der Waals surface area (Å²) >= 11 is 1.61. The van der Waals surface area contributed by atoms with Crippen molar-refractivity contribution in [2.45, 2.75) is 12.8 Å². The van der Waals surface area contributed by atoms with Crippen LogP contribution >= 0.6 is 11.3 Å². The van der Waals surface area contributed by atoms with Gasteiger partial charge in [-0.3, -0.25) is 9.59 Å². The van der Waals surface area contributed by atoms with Gasteiger partial charge in [0.05, 0.1) is 6.42 Å². The summed E-state index contributed by atoms with van der Waals surface area (Å²) in [6.45, 7) is 2.56. The maximum atomic E-state index is 12.9. The molecule has 0 atom stereocenters. The largest absolute Gasteiger partial charge is 0.341 e. The molecule has 0 radical (unpaired) electrons.